The number of sulfone groups is 1. The Morgan fingerprint density at radius 1 is 1.21 bits per heavy atom. The number of anilines is 1. The number of pyridine rings is 1. The molecule has 0 unspecified atom stereocenters. The molecule has 0 atom stereocenters. The van der Waals surface area contributed by atoms with Crippen molar-refractivity contribution < 1.29 is 17.9 Å². The number of nitrogens with zero attached hydrogens (tertiary/aromatic N) is 3. The van der Waals surface area contributed by atoms with Gasteiger partial charge >= 0.3 is 0 Å². The molecule has 0 amide bonds. The molecule has 0 aromatic carbocycles. The van der Waals surface area contributed by atoms with Gasteiger partial charge in [0.25, 0.3) is 0 Å². The van der Waals surface area contributed by atoms with Gasteiger partial charge in [-0.05, 0) is 45.1 Å². The number of nitrogen functional groups attached to an aromatic ring is 1. The Morgan fingerprint density at radius 3 is 2.61 bits per heavy atom. The number of hydrogen-bond donors (Lipinski definition) is 1. The molecule has 0 aliphatic heterocycles. The number of aromatic nitrogens is 3. The molecule has 3 rings (SSSR count). The normalized spacial score (nSPS) is 15.1. The lowest BCUT2D eigenvalue weighted by molar-refractivity contribution is -0.0218. The molecule has 156 valence electrons. The highest BCUT2D eigenvalue weighted by molar-refractivity contribution is 7.90. The summed E-state index contributed by atoms with van der Waals surface area (Å²) in [5.74, 6) is 1.21. The Kier molecular flexibility index (Phi) is 5.97. The summed E-state index contributed by atoms with van der Waals surface area (Å²) in [6.45, 7) is 4.92. The number of aryl methyl sites for hydroxylation is 2. The SMILES string of the molecule is COCc1nc2c(N)nc3c(c2n1CC(C)(C)OCCS(C)(=O)=O)CCCC3. The van der Waals surface area contributed by atoms with Crippen molar-refractivity contribution >= 4 is 26.7 Å². The van der Waals surface area contributed by atoms with E-state index >= 15 is 0 Å². The molecule has 2 N–H and O–H groups in total. The van der Waals surface area contributed by atoms with E-state index in [2.05, 4.69) is 9.55 Å². The zero-order valence-electron chi connectivity index (χ0n) is 17.1. The van der Waals surface area contributed by atoms with Crippen LogP contribution in [-0.4, -0.2) is 54.3 Å². The molecule has 0 fully saturated rings. The van der Waals surface area contributed by atoms with Crippen LogP contribution in [0.25, 0.3) is 11.0 Å². The van der Waals surface area contributed by atoms with Crippen LogP contribution in [0.5, 0.6) is 0 Å². The summed E-state index contributed by atoms with van der Waals surface area (Å²) in [7, 11) is -1.43. The summed E-state index contributed by atoms with van der Waals surface area (Å²) in [4.78, 5) is 9.31. The molecule has 0 saturated heterocycles. The largest absolute Gasteiger partial charge is 0.382 e. The molecule has 0 spiro atoms. The minimum Gasteiger partial charge on any atom is -0.382 e. The Labute approximate surface area is 166 Å². The Hall–Kier alpha value is -1.71. The second-order valence-electron chi connectivity index (χ2n) is 8.11. The van der Waals surface area contributed by atoms with E-state index in [1.165, 1.54) is 11.8 Å². The third-order valence-electron chi connectivity index (χ3n) is 5.03. The lowest BCUT2D eigenvalue weighted by atomic mass is 9.94. The van der Waals surface area contributed by atoms with Crippen LogP contribution < -0.4 is 5.73 Å². The highest BCUT2D eigenvalue weighted by Gasteiger charge is 2.27. The van der Waals surface area contributed by atoms with E-state index in [0.717, 1.165) is 42.7 Å². The van der Waals surface area contributed by atoms with E-state index in [-0.39, 0.29) is 12.4 Å². The smallest absolute Gasteiger partial charge is 0.151 e. The van der Waals surface area contributed by atoms with E-state index in [9.17, 15) is 8.42 Å². The van der Waals surface area contributed by atoms with Crippen molar-refractivity contribution in [1.29, 1.82) is 0 Å². The molecule has 1 aliphatic carbocycles. The summed E-state index contributed by atoms with van der Waals surface area (Å²) in [5.41, 5.74) is 9.62. The first kappa shape index (κ1) is 21.0. The van der Waals surface area contributed by atoms with Crippen molar-refractivity contribution in [1.82, 2.24) is 14.5 Å². The fraction of sp³-hybridized carbons (Fsp3) is 0.684. The molecule has 0 bridgehead atoms. The maximum Gasteiger partial charge on any atom is 0.151 e. The van der Waals surface area contributed by atoms with E-state index in [0.29, 0.717) is 24.5 Å². The Morgan fingerprint density at radius 2 is 1.93 bits per heavy atom. The van der Waals surface area contributed by atoms with Crippen LogP contribution in [0, 0.1) is 0 Å². The number of rotatable bonds is 8. The number of imidazole rings is 1. The van der Waals surface area contributed by atoms with Gasteiger partial charge < -0.3 is 19.8 Å². The highest BCUT2D eigenvalue weighted by atomic mass is 32.2. The number of hydrogen-bond acceptors (Lipinski definition) is 7. The minimum atomic E-state index is -3.07. The predicted molar refractivity (Wildman–Crippen MR) is 109 cm³/mol. The summed E-state index contributed by atoms with van der Waals surface area (Å²) in [6.07, 6.45) is 5.32. The molecular formula is C19H30N4O4S. The average molecular weight is 411 g/mol. The predicted octanol–water partition coefficient (Wildman–Crippen LogP) is 1.88. The summed E-state index contributed by atoms with van der Waals surface area (Å²) in [5, 5.41) is 0. The molecule has 2 aromatic heterocycles. The van der Waals surface area contributed by atoms with Crippen LogP contribution in [0.4, 0.5) is 5.82 Å². The van der Waals surface area contributed by atoms with Crippen molar-refractivity contribution in [3.8, 4) is 0 Å². The van der Waals surface area contributed by atoms with Crippen LogP contribution in [0.15, 0.2) is 0 Å². The Bertz CT molecular complexity index is 966. The van der Waals surface area contributed by atoms with Crippen molar-refractivity contribution in [3.63, 3.8) is 0 Å². The Balaban J connectivity index is 2.00. The quantitative estimate of drug-likeness (QED) is 0.707. The van der Waals surface area contributed by atoms with Gasteiger partial charge in [0.15, 0.2) is 5.82 Å². The maximum absolute atomic E-state index is 11.4. The van der Waals surface area contributed by atoms with Gasteiger partial charge in [0.05, 0.1) is 30.0 Å². The van der Waals surface area contributed by atoms with Crippen LogP contribution >= 0.6 is 0 Å². The average Bonchev–Trinajstić information content (AvgIpc) is 2.93. The molecule has 8 nitrogen and oxygen atoms in total. The minimum absolute atomic E-state index is 0.00169. The lowest BCUT2D eigenvalue weighted by Crippen LogP contribution is -2.33. The summed E-state index contributed by atoms with van der Waals surface area (Å²) >= 11 is 0. The summed E-state index contributed by atoms with van der Waals surface area (Å²) in [6, 6.07) is 0. The number of fused-ring (bicyclic) bond motifs is 3. The fourth-order valence-electron chi connectivity index (χ4n) is 3.76. The van der Waals surface area contributed by atoms with Crippen molar-refractivity contribution in [2.45, 2.75) is 58.3 Å². The molecule has 9 heteroatoms. The first-order valence-electron chi connectivity index (χ1n) is 9.58. The zero-order valence-corrected chi connectivity index (χ0v) is 17.9. The first-order valence-corrected chi connectivity index (χ1v) is 11.6. The molecule has 1 aliphatic rings. The molecule has 0 radical (unpaired) electrons. The van der Waals surface area contributed by atoms with Crippen LogP contribution in [0.1, 0.15) is 43.8 Å². The zero-order chi connectivity index (χ0) is 20.5. The topological polar surface area (TPSA) is 109 Å². The van der Waals surface area contributed by atoms with Gasteiger partial charge in [0.2, 0.25) is 0 Å². The lowest BCUT2D eigenvalue weighted by Gasteiger charge is -2.28. The van der Waals surface area contributed by atoms with Crippen LogP contribution in [0.2, 0.25) is 0 Å². The molecule has 28 heavy (non-hydrogen) atoms. The standard InChI is InChI=1S/C19H30N4O4S/c1-19(2,27-9-10-28(4,24)25)12-23-15(11-26-3)22-16-17(23)13-7-5-6-8-14(13)21-18(16)20/h5-12H2,1-4H3,(H2,20,21). The van der Waals surface area contributed by atoms with E-state index in [1.807, 2.05) is 13.8 Å². The van der Waals surface area contributed by atoms with E-state index in [1.54, 1.807) is 7.11 Å². The second-order valence-corrected chi connectivity index (χ2v) is 10.4. The highest BCUT2D eigenvalue weighted by Crippen LogP contribution is 2.32. The van der Waals surface area contributed by atoms with Gasteiger partial charge in [-0.1, -0.05) is 0 Å². The molecule has 0 saturated carbocycles. The molecule has 2 aromatic rings. The van der Waals surface area contributed by atoms with Gasteiger partial charge in [-0.3, -0.25) is 0 Å². The summed E-state index contributed by atoms with van der Waals surface area (Å²) < 4.78 is 36.2. The third kappa shape index (κ3) is 4.64. The second kappa shape index (κ2) is 7.96. The van der Waals surface area contributed by atoms with Crippen molar-refractivity contribution in [2.75, 3.05) is 31.5 Å². The van der Waals surface area contributed by atoms with Gasteiger partial charge in [-0.15, -0.1) is 0 Å². The van der Waals surface area contributed by atoms with Crippen molar-refractivity contribution in [3.05, 3.63) is 17.1 Å². The monoisotopic (exact) mass is 410 g/mol. The van der Waals surface area contributed by atoms with Crippen molar-refractivity contribution in [2.24, 2.45) is 0 Å². The van der Waals surface area contributed by atoms with Crippen LogP contribution in [0.3, 0.4) is 0 Å². The van der Waals surface area contributed by atoms with Gasteiger partial charge in [0.1, 0.15) is 27.8 Å². The first-order chi connectivity index (χ1) is 13.1. The molecular weight excluding hydrogens is 380 g/mol. The van der Waals surface area contributed by atoms with Gasteiger partial charge in [0, 0.05) is 19.1 Å². The molecule has 2 heterocycles. The third-order valence-corrected chi connectivity index (χ3v) is 5.94. The maximum atomic E-state index is 11.4. The number of methoxy groups -OCH3 is 1. The number of nitrogens with two attached hydrogens (primary N) is 1. The van der Waals surface area contributed by atoms with Gasteiger partial charge in [-0.2, -0.15) is 0 Å². The van der Waals surface area contributed by atoms with E-state index in [4.69, 9.17) is 20.2 Å². The van der Waals surface area contributed by atoms with E-state index < -0.39 is 15.4 Å². The van der Waals surface area contributed by atoms with Gasteiger partial charge in [-0.25, -0.2) is 18.4 Å². The number of ether oxygens (including phenoxy) is 2. The van der Waals surface area contributed by atoms with Crippen LogP contribution in [-0.2, 0) is 45.3 Å². The fourth-order valence-corrected chi connectivity index (χ4v) is 4.14.